The van der Waals surface area contributed by atoms with Crippen molar-refractivity contribution in [3.8, 4) is 33.6 Å². The molecule has 2 N–H and O–H groups in total. The van der Waals surface area contributed by atoms with Crippen molar-refractivity contribution in [2.24, 2.45) is 11.8 Å². The van der Waals surface area contributed by atoms with Crippen molar-refractivity contribution in [1.82, 2.24) is 29.7 Å². The molecule has 6 aromatic rings. The minimum absolute atomic E-state index is 0.00212. The highest BCUT2D eigenvalue weighted by atomic mass is 16.2. The highest BCUT2D eigenvalue weighted by Crippen LogP contribution is 2.54. The summed E-state index contributed by atoms with van der Waals surface area (Å²) in [4.78, 5) is 47.7. The van der Waals surface area contributed by atoms with Gasteiger partial charge in [0.05, 0.1) is 48.7 Å². The summed E-state index contributed by atoms with van der Waals surface area (Å²) in [5.41, 5.74) is 8.42. The number of hydrogen-bond acceptors (Lipinski definition) is 4. The lowest BCUT2D eigenvalue weighted by Gasteiger charge is -2.26. The van der Waals surface area contributed by atoms with Gasteiger partial charge in [0.15, 0.2) is 0 Å². The van der Waals surface area contributed by atoms with Crippen LogP contribution >= 0.6 is 0 Å². The Hall–Kier alpha value is -5.76. The molecule has 0 spiro atoms. The van der Waals surface area contributed by atoms with E-state index in [0.717, 1.165) is 82.1 Å². The number of rotatable bonds is 9. The Bertz CT molecular complexity index is 2080. The lowest BCUT2D eigenvalue weighted by atomic mass is 10.0. The number of nitrogens with one attached hydrogen (secondary N) is 2. The Morgan fingerprint density at radius 1 is 0.519 bits per heavy atom. The lowest BCUT2D eigenvalue weighted by molar-refractivity contribution is -0.133. The van der Waals surface area contributed by atoms with Crippen LogP contribution in [0.25, 0.3) is 33.6 Å². The largest absolute Gasteiger partial charge is 0.340 e. The van der Waals surface area contributed by atoms with E-state index in [1.165, 1.54) is 0 Å². The van der Waals surface area contributed by atoms with Crippen molar-refractivity contribution in [2.75, 3.05) is 0 Å². The summed E-state index contributed by atoms with van der Waals surface area (Å²) in [6.45, 7) is 0. The van der Waals surface area contributed by atoms with Gasteiger partial charge < -0.3 is 19.8 Å². The van der Waals surface area contributed by atoms with E-state index in [1.807, 2.05) is 73.1 Å². The predicted octanol–water partition coefficient (Wildman–Crippen LogP) is 7.94. The van der Waals surface area contributed by atoms with Crippen molar-refractivity contribution < 1.29 is 9.59 Å². The molecule has 2 saturated heterocycles. The van der Waals surface area contributed by atoms with Crippen LogP contribution < -0.4 is 0 Å². The van der Waals surface area contributed by atoms with Gasteiger partial charge in [-0.05, 0) is 70.9 Å². The number of imidazole rings is 2. The number of fused-ring (bicyclic) bond motifs is 2. The Labute approximate surface area is 303 Å². The highest BCUT2D eigenvalue weighted by molar-refractivity contribution is 5.81. The molecular formula is C44H40N6O2. The average molecular weight is 685 g/mol. The molecule has 4 aliphatic rings. The smallest absolute Gasteiger partial charge is 0.227 e. The molecular weight excluding hydrogens is 645 g/mol. The zero-order chi connectivity index (χ0) is 34.8. The van der Waals surface area contributed by atoms with E-state index >= 15 is 0 Å². The van der Waals surface area contributed by atoms with E-state index < -0.39 is 0 Å². The Kier molecular flexibility index (Phi) is 7.44. The van der Waals surface area contributed by atoms with Crippen LogP contribution in [0.3, 0.4) is 0 Å². The molecule has 52 heavy (non-hydrogen) atoms. The fourth-order valence-electron chi connectivity index (χ4n) is 8.83. The van der Waals surface area contributed by atoms with Gasteiger partial charge in [-0.25, -0.2) is 9.97 Å². The second-order valence-electron chi connectivity index (χ2n) is 15.1. The average Bonchev–Trinajstić information content (AvgIpc) is 3.76. The zero-order valence-corrected chi connectivity index (χ0v) is 28.9. The van der Waals surface area contributed by atoms with E-state index in [0.29, 0.717) is 36.8 Å². The second-order valence-corrected chi connectivity index (χ2v) is 15.1. The highest BCUT2D eigenvalue weighted by Gasteiger charge is 2.55. The summed E-state index contributed by atoms with van der Waals surface area (Å²) in [6, 6.07) is 37.8. The molecule has 2 aliphatic heterocycles. The number of carbonyl (C=O) groups excluding carboxylic acids is 2. The standard InChI is InChI=1S/C44H40N6O2/c51-41(19-27-7-3-1-4-8-27)49-37-21-33(37)23-39(49)43-45-25-35(47-43)31-15-11-29(12-16-31)30-13-17-32(18-14-30)36-26-46-44(48-36)40-24-34-22-38(34)50(40)42(52)20-28-9-5-2-6-10-28/h1-18,25-26,33-34,37-40H,19-24H2,(H,45,47)(H,46,48)/t33-,34?,37-,38?,39-,40?/m0/s1. The quantitative estimate of drug-likeness (QED) is 0.162. The molecule has 0 radical (unpaired) electrons. The molecule has 258 valence electrons. The third kappa shape index (κ3) is 5.72. The van der Waals surface area contributed by atoms with Crippen LogP contribution in [-0.2, 0) is 22.4 Å². The number of nitrogens with zero attached hydrogens (tertiary/aromatic N) is 4. The van der Waals surface area contributed by atoms with Crippen LogP contribution in [-0.4, -0.2) is 53.6 Å². The second kappa shape index (κ2) is 12.5. The van der Waals surface area contributed by atoms with E-state index in [1.54, 1.807) is 0 Å². The summed E-state index contributed by atoms with van der Waals surface area (Å²) < 4.78 is 0. The van der Waals surface area contributed by atoms with Crippen LogP contribution in [0.2, 0.25) is 0 Å². The number of amides is 2. The maximum absolute atomic E-state index is 13.4. The van der Waals surface area contributed by atoms with Crippen molar-refractivity contribution >= 4 is 11.8 Å². The molecule has 10 rings (SSSR count). The number of H-pyrrole nitrogens is 2. The number of carbonyl (C=O) groups is 2. The zero-order valence-electron chi connectivity index (χ0n) is 28.9. The first kappa shape index (κ1) is 31.0. The first-order valence-electron chi connectivity index (χ1n) is 18.6. The van der Waals surface area contributed by atoms with Crippen LogP contribution in [0.4, 0.5) is 0 Å². The monoisotopic (exact) mass is 684 g/mol. The lowest BCUT2D eigenvalue weighted by Crippen LogP contribution is -2.35. The van der Waals surface area contributed by atoms with Gasteiger partial charge in [0, 0.05) is 12.1 Å². The van der Waals surface area contributed by atoms with Gasteiger partial charge >= 0.3 is 0 Å². The minimum atomic E-state index is 0.00212. The number of benzene rings is 4. The normalized spacial score (nSPS) is 24.1. The van der Waals surface area contributed by atoms with Gasteiger partial charge in [-0.1, -0.05) is 109 Å². The van der Waals surface area contributed by atoms with E-state index in [2.05, 4.69) is 68.3 Å². The van der Waals surface area contributed by atoms with Gasteiger partial charge in [0.2, 0.25) is 11.8 Å². The number of likely N-dealkylation sites (tertiary alicyclic amines) is 2. The topological polar surface area (TPSA) is 98.0 Å². The fraction of sp³-hybridized carbons (Fsp3) is 0.273. The molecule has 2 amide bonds. The SMILES string of the molecule is O=C(Cc1ccccc1)N1C(c2ncc(-c3ccc(-c4ccc(-c5cnc([C@@H]6C[C@@H]7C[C@@H]7N6C(=O)Cc6ccccc6)[nH]5)cc4)cc3)[nH]2)CC2CC21. The van der Waals surface area contributed by atoms with Crippen LogP contribution in [0.15, 0.2) is 122 Å². The molecule has 4 aromatic carbocycles. The van der Waals surface area contributed by atoms with Gasteiger partial charge in [0.25, 0.3) is 0 Å². The van der Waals surface area contributed by atoms with Gasteiger partial charge in [0.1, 0.15) is 11.6 Å². The van der Waals surface area contributed by atoms with Crippen molar-refractivity contribution in [2.45, 2.75) is 62.7 Å². The summed E-state index contributed by atoms with van der Waals surface area (Å²) in [7, 11) is 0. The summed E-state index contributed by atoms with van der Waals surface area (Å²) in [5.74, 6) is 3.30. The maximum Gasteiger partial charge on any atom is 0.227 e. The van der Waals surface area contributed by atoms with Crippen molar-refractivity contribution in [3.63, 3.8) is 0 Å². The van der Waals surface area contributed by atoms with E-state index in [9.17, 15) is 9.59 Å². The summed E-state index contributed by atoms with van der Waals surface area (Å²) in [6.07, 6.45) is 8.81. The van der Waals surface area contributed by atoms with Crippen LogP contribution in [0.5, 0.6) is 0 Å². The summed E-state index contributed by atoms with van der Waals surface area (Å²) in [5, 5.41) is 0. The molecule has 0 bridgehead atoms. The third-order valence-electron chi connectivity index (χ3n) is 11.7. The number of aromatic amines is 2. The molecule has 3 unspecified atom stereocenters. The molecule has 2 aliphatic carbocycles. The molecule has 8 nitrogen and oxygen atoms in total. The van der Waals surface area contributed by atoms with Crippen molar-refractivity contribution in [1.29, 1.82) is 0 Å². The maximum atomic E-state index is 13.4. The predicted molar refractivity (Wildman–Crippen MR) is 200 cm³/mol. The number of aromatic nitrogens is 4. The first-order valence-corrected chi connectivity index (χ1v) is 18.6. The number of piperidine rings is 2. The third-order valence-corrected chi connectivity index (χ3v) is 11.7. The molecule has 6 atom stereocenters. The van der Waals surface area contributed by atoms with Crippen molar-refractivity contribution in [3.05, 3.63) is 144 Å². The fourth-order valence-corrected chi connectivity index (χ4v) is 8.83. The Morgan fingerprint density at radius 2 is 0.904 bits per heavy atom. The minimum Gasteiger partial charge on any atom is -0.340 e. The van der Waals surface area contributed by atoms with E-state index in [-0.39, 0.29) is 23.9 Å². The molecule has 4 fully saturated rings. The number of hydrogen-bond donors (Lipinski definition) is 2. The Balaban J connectivity index is 0.804. The Morgan fingerprint density at radius 3 is 1.31 bits per heavy atom. The van der Waals surface area contributed by atoms with Crippen LogP contribution in [0, 0.1) is 11.8 Å². The summed E-state index contributed by atoms with van der Waals surface area (Å²) >= 11 is 0. The molecule has 8 heteroatoms. The first-order chi connectivity index (χ1) is 25.6. The molecule has 2 saturated carbocycles. The van der Waals surface area contributed by atoms with E-state index in [4.69, 9.17) is 9.97 Å². The van der Waals surface area contributed by atoms with Gasteiger partial charge in [-0.3, -0.25) is 9.59 Å². The molecule has 2 aromatic heterocycles. The van der Waals surface area contributed by atoms with Crippen LogP contribution in [0.1, 0.15) is 60.5 Å². The van der Waals surface area contributed by atoms with Gasteiger partial charge in [-0.2, -0.15) is 0 Å². The molecule has 4 heterocycles. The van der Waals surface area contributed by atoms with Gasteiger partial charge in [-0.15, -0.1) is 0 Å².